The quantitative estimate of drug-likeness (QED) is 0.810. The van der Waals surface area contributed by atoms with Gasteiger partial charge in [-0.05, 0) is 37.5 Å². The van der Waals surface area contributed by atoms with Gasteiger partial charge in [0.05, 0.1) is 10.7 Å². The lowest BCUT2D eigenvalue weighted by molar-refractivity contribution is 0.189. The average molecular weight is 255 g/mol. The minimum absolute atomic E-state index is 0.536. The summed E-state index contributed by atoms with van der Waals surface area (Å²) in [6, 6.07) is 6.43. The van der Waals surface area contributed by atoms with Crippen LogP contribution in [-0.2, 0) is 6.54 Å². The van der Waals surface area contributed by atoms with E-state index in [0.717, 1.165) is 13.1 Å². The number of nitrogen functional groups attached to an aromatic ring is 1. The molecular formula is C14H23ClN2. The van der Waals surface area contributed by atoms with Crippen molar-refractivity contribution in [1.29, 1.82) is 0 Å². The van der Waals surface area contributed by atoms with Crippen molar-refractivity contribution in [3.05, 3.63) is 28.8 Å². The minimum atomic E-state index is 0.536. The fourth-order valence-electron chi connectivity index (χ4n) is 1.83. The predicted molar refractivity (Wildman–Crippen MR) is 76.2 cm³/mol. The van der Waals surface area contributed by atoms with Crippen molar-refractivity contribution < 1.29 is 0 Å². The van der Waals surface area contributed by atoms with Crippen LogP contribution in [0, 0.1) is 5.92 Å². The van der Waals surface area contributed by atoms with Gasteiger partial charge in [-0.2, -0.15) is 0 Å². The fourth-order valence-corrected chi connectivity index (χ4v) is 2.03. The Kier molecular flexibility index (Phi) is 5.29. The first kappa shape index (κ1) is 14.3. The lowest BCUT2D eigenvalue weighted by atomic mass is 10.1. The van der Waals surface area contributed by atoms with Gasteiger partial charge in [-0.25, -0.2) is 0 Å². The summed E-state index contributed by atoms with van der Waals surface area (Å²) in [5.41, 5.74) is 7.58. The molecule has 0 aliphatic rings. The molecule has 0 amide bonds. The van der Waals surface area contributed by atoms with Crippen LogP contribution in [0.3, 0.4) is 0 Å². The standard InChI is InChI=1S/C14H23ClN2/c1-10(2)8-17(11(3)4)9-12-5-6-14(16)13(15)7-12/h5-7,10-11H,8-9,16H2,1-4H3. The highest BCUT2D eigenvalue weighted by molar-refractivity contribution is 6.33. The molecule has 3 heteroatoms. The van der Waals surface area contributed by atoms with Crippen molar-refractivity contribution in [2.75, 3.05) is 12.3 Å². The molecule has 96 valence electrons. The summed E-state index contributed by atoms with van der Waals surface area (Å²) < 4.78 is 0. The maximum Gasteiger partial charge on any atom is 0.0638 e. The number of anilines is 1. The minimum Gasteiger partial charge on any atom is -0.398 e. The highest BCUT2D eigenvalue weighted by Crippen LogP contribution is 2.21. The Labute approximate surface area is 110 Å². The van der Waals surface area contributed by atoms with Crippen LogP contribution in [0.5, 0.6) is 0 Å². The second-order valence-corrected chi connectivity index (χ2v) is 5.68. The van der Waals surface area contributed by atoms with Gasteiger partial charge in [-0.1, -0.05) is 31.5 Å². The average Bonchev–Trinajstić information content (AvgIpc) is 2.21. The molecule has 1 aromatic carbocycles. The largest absolute Gasteiger partial charge is 0.398 e. The lowest BCUT2D eigenvalue weighted by Gasteiger charge is -2.28. The van der Waals surface area contributed by atoms with Crippen LogP contribution >= 0.6 is 11.6 Å². The summed E-state index contributed by atoms with van der Waals surface area (Å²) in [5, 5.41) is 0.649. The van der Waals surface area contributed by atoms with Crippen LogP contribution in [0.15, 0.2) is 18.2 Å². The van der Waals surface area contributed by atoms with Crippen LogP contribution in [0.1, 0.15) is 33.3 Å². The first-order valence-electron chi connectivity index (χ1n) is 6.18. The van der Waals surface area contributed by atoms with Crippen LogP contribution in [0.4, 0.5) is 5.69 Å². The molecule has 0 saturated heterocycles. The Bertz CT molecular complexity index is 361. The van der Waals surface area contributed by atoms with Crippen molar-refractivity contribution in [2.45, 2.75) is 40.3 Å². The van der Waals surface area contributed by atoms with E-state index >= 15 is 0 Å². The Morgan fingerprint density at radius 2 is 1.88 bits per heavy atom. The zero-order valence-corrected chi connectivity index (χ0v) is 12.0. The molecule has 0 aliphatic carbocycles. The zero-order chi connectivity index (χ0) is 13.0. The van der Waals surface area contributed by atoms with E-state index in [1.165, 1.54) is 5.56 Å². The maximum absolute atomic E-state index is 6.04. The molecule has 17 heavy (non-hydrogen) atoms. The van der Waals surface area contributed by atoms with E-state index in [1.807, 2.05) is 12.1 Å². The third-order valence-corrected chi connectivity index (χ3v) is 3.11. The van der Waals surface area contributed by atoms with Crippen LogP contribution in [0.2, 0.25) is 5.02 Å². The van der Waals surface area contributed by atoms with Gasteiger partial charge in [-0.3, -0.25) is 4.90 Å². The molecule has 0 heterocycles. The van der Waals surface area contributed by atoms with Gasteiger partial charge in [0.1, 0.15) is 0 Å². The van der Waals surface area contributed by atoms with Gasteiger partial charge in [0, 0.05) is 19.1 Å². The molecule has 1 rings (SSSR count). The van der Waals surface area contributed by atoms with Crippen molar-refractivity contribution in [3.8, 4) is 0 Å². The van der Waals surface area contributed by atoms with E-state index in [-0.39, 0.29) is 0 Å². The van der Waals surface area contributed by atoms with Gasteiger partial charge < -0.3 is 5.73 Å². The molecule has 0 bridgehead atoms. The normalized spacial score (nSPS) is 11.8. The lowest BCUT2D eigenvalue weighted by Crippen LogP contribution is -2.33. The smallest absolute Gasteiger partial charge is 0.0638 e. The zero-order valence-electron chi connectivity index (χ0n) is 11.2. The Hall–Kier alpha value is -0.730. The summed E-state index contributed by atoms with van der Waals surface area (Å²) in [4.78, 5) is 2.45. The Balaban J connectivity index is 2.75. The number of hydrogen-bond acceptors (Lipinski definition) is 2. The second-order valence-electron chi connectivity index (χ2n) is 5.27. The third-order valence-electron chi connectivity index (χ3n) is 2.78. The third kappa shape index (κ3) is 4.57. The van der Waals surface area contributed by atoms with Crippen molar-refractivity contribution in [3.63, 3.8) is 0 Å². The topological polar surface area (TPSA) is 29.3 Å². The van der Waals surface area contributed by atoms with E-state index in [0.29, 0.717) is 22.7 Å². The molecule has 2 nitrogen and oxygen atoms in total. The molecule has 0 saturated carbocycles. The van der Waals surface area contributed by atoms with E-state index in [4.69, 9.17) is 17.3 Å². The van der Waals surface area contributed by atoms with Gasteiger partial charge in [0.2, 0.25) is 0 Å². The van der Waals surface area contributed by atoms with Crippen molar-refractivity contribution in [2.24, 2.45) is 5.92 Å². The van der Waals surface area contributed by atoms with Crippen LogP contribution < -0.4 is 5.73 Å². The summed E-state index contributed by atoms with van der Waals surface area (Å²) in [6.45, 7) is 11.0. The second kappa shape index (κ2) is 6.27. The van der Waals surface area contributed by atoms with Gasteiger partial charge in [0.25, 0.3) is 0 Å². The molecule has 0 fully saturated rings. The van der Waals surface area contributed by atoms with Gasteiger partial charge in [-0.15, -0.1) is 0 Å². The number of hydrogen-bond donors (Lipinski definition) is 1. The molecule has 0 radical (unpaired) electrons. The molecule has 0 atom stereocenters. The van der Waals surface area contributed by atoms with Gasteiger partial charge in [0.15, 0.2) is 0 Å². The Morgan fingerprint density at radius 3 is 2.35 bits per heavy atom. The summed E-state index contributed by atoms with van der Waals surface area (Å²) in [7, 11) is 0. The van der Waals surface area contributed by atoms with E-state index in [9.17, 15) is 0 Å². The van der Waals surface area contributed by atoms with E-state index < -0.39 is 0 Å². The first-order valence-corrected chi connectivity index (χ1v) is 6.56. The van der Waals surface area contributed by atoms with Crippen LogP contribution in [0.25, 0.3) is 0 Å². The number of halogens is 1. The van der Waals surface area contributed by atoms with Crippen LogP contribution in [-0.4, -0.2) is 17.5 Å². The maximum atomic E-state index is 6.04. The monoisotopic (exact) mass is 254 g/mol. The molecule has 2 N–H and O–H groups in total. The Morgan fingerprint density at radius 1 is 1.24 bits per heavy atom. The number of nitrogens with two attached hydrogens (primary N) is 1. The first-order chi connectivity index (χ1) is 7.90. The molecule has 0 aliphatic heterocycles. The number of nitrogens with zero attached hydrogens (tertiary/aromatic N) is 1. The molecule has 0 aromatic heterocycles. The predicted octanol–water partition coefficient (Wildman–Crippen LogP) is 3.79. The molecule has 1 aromatic rings. The van der Waals surface area contributed by atoms with E-state index in [1.54, 1.807) is 0 Å². The summed E-state index contributed by atoms with van der Waals surface area (Å²) in [6.07, 6.45) is 0. The van der Waals surface area contributed by atoms with E-state index in [2.05, 4.69) is 38.7 Å². The molecule has 0 spiro atoms. The highest BCUT2D eigenvalue weighted by Gasteiger charge is 2.12. The molecular weight excluding hydrogens is 232 g/mol. The highest BCUT2D eigenvalue weighted by atomic mass is 35.5. The van der Waals surface area contributed by atoms with Gasteiger partial charge >= 0.3 is 0 Å². The number of rotatable bonds is 5. The fraction of sp³-hybridized carbons (Fsp3) is 0.571. The SMILES string of the molecule is CC(C)CN(Cc1ccc(N)c(Cl)c1)C(C)C. The molecule has 0 unspecified atom stereocenters. The number of benzene rings is 1. The summed E-state index contributed by atoms with van der Waals surface area (Å²) in [5.74, 6) is 0.668. The van der Waals surface area contributed by atoms with Crippen molar-refractivity contribution >= 4 is 17.3 Å². The summed E-state index contributed by atoms with van der Waals surface area (Å²) >= 11 is 6.04. The van der Waals surface area contributed by atoms with Crippen molar-refractivity contribution in [1.82, 2.24) is 4.90 Å².